The van der Waals surface area contributed by atoms with Crippen molar-refractivity contribution >= 4 is 22.4 Å². The molecule has 0 atom stereocenters. The molecule has 0 aliphatic heterocycles. The van der Waals surface area contributed by atoms with E-state index in [4.69, 9.17) is 9.78 Å². The second kappa shape index (κ2) is 6.45. The van der Waals surface area contributed by atoms with Crippen LogP contribution >= 0.6 is 11.3 Å². The van der Waals surface area contributed by atoms with E-state index in [1.165, 1.54) is 11.3 Å². The second-order valence-corrected chi connectivity index (χ2v) is 6.80. The third-order valence-electron chi connectivity index (χ3n) is 3.83. The van der Waals surface area contributed by atoms with Gasteiger partial charge in [0.1, 0.15) is 10.8 Å². The number of hydrogen-bond acceptors (Lipinski definition) is 7. The van der Waals surface area contributed by atoms with Gasteiger partial charge >= 0.3 is 0 Å². The number of carbonyl (C=O) groups excluding carboxylic acids is 1. The number of benzene rings is 1. The SMILES string of the molecule is N#Cc1ccc(-c2nnc(NC(=O)Cc3cc(C4CC4)on3)s2)cc1. The molecule has 1 aliphatic carbocycles. The van der Waals surface area contributed by atoms with Gasteiger partial charge in [-0.3, -0.25) is 4.79 Å². The van der Waals surface area contributed by atoms with E-state index in [-0.39, 0.29) is 12.3 Å². The average Bonchev–Trinajstić information content (AvgIpc) is 3.20. The highest BCUT2D eigenvalue weighted by Crippen LogP contribution is 2.40. The lowest BCUT2D eigenvalue weighted by atomic mass is 10.2. The van der Waals surface area contributed by atoms with Crippen LogP contribution in [-0.4, -0.2) is 21.3 Å². The third-order valence-corrected chi connectivity index (χ3v) is 4.72. The van der Waals surface area contributed by atoms with Gasteiger partial charge in [-0.2, -0.15) is 5.26 Å². The van der Waals surface area contributed by atoms with Gasteiger partial charge in [-0.05, 0) is 25.0 Å². The minimum absolute atomic E-state index is 0.141. The number of rotatable bonds is 5. The molecule has 4 rings (SSSR count). The topological polar surface area (TPSA) is 105 Å². The van der Waals surface area contributed by atoms with E-state index in [9.17, 15) is 4.79 Å². The molecule has 2 aromatic heterocycles. The Bertz CT molecular complexity index is 950. The van der Waals surface area contributed by atoms with Gasteiger partial charge < -0.3 is 9.84 Å². The highest BCUT2D eigenvalue weighted by molar-refractivity contribution is 7.18. The van der Waals surface area contributed by atoms with Gasteiger partial charge in [-0.25, -0.2) is 0 Å². The monoisotopic (exact) mass is 351 g/mol. The summed E-state index contributed by atoms with van der Waals surface area (Å²) in [5.74, 6) is 1.13. The summed E-state index contributed by atoms with van der Waals surface area (Å²) in [4.78, 5) is 12.1. The lowest BCUT2D eigenvalue weighted by Gasteiger charge is -1.97. The van der Waals surface area contributed by atoms with Crippen molar-refractivity contribution in [2.45, 2.75) is 25.2 Å². The Labute approximate surface area is 147 Å². The van der Waals surface area contributed by atoms with Crippen LogP contribution in [0.4, 0.5) is 5.13 Å². The van der Waals surface area contributed by atoms with Gasteiger partial charge in [0.25, 0.3) is 0 Å². The van der Waals surface area contributed by atoms with Gasteiger partial charge in [-0.1, -0.05) is 28.6 Å². The molecule has 124 valence electrons. The lowest BCUT2D eigenvalue weighted by molar-refractivity contribution is -0.115. The molecule has 0 unspecified atom stereocenters. The van der Waals surface area contributed by atoms with E-state index in [2.05, 4.69) is 26.7 Å². The fourth-order valence-corrected chi connectivity index (χ4v) is 3.14. The predicted octanol–water partition coefficient (Wildman–Crippen LogP) is 3.12. The van der Waals surface area contributed by atoms with E-state index in [1.54, 1.807) is 24.3 Å². The predicted molar refractivity (Wildman–Crippen MR) is 90.9 cm³/mol. The van der Waals surface area contributed by atoms with Gasteiger partial charge in [0.2, 0.25) is 11.0 Å². The average molecular weight is 351 g/mol. The quantitative estimate of drug-likeness (QED) is 0.757. The zero-order valence-electron chi connectivity index (χ0n) is 13.1. The first-order valence-corrected chi connectivity index (χ1v) is 8.62. The van der Waals surface area contributed by atoms with Crippen molar-refractivity contribution in [3.05, 3.63) is 47.3 Å². The highest BCUT2D eigenvalue weighted by Gasteiger charge is 2.28. The summed E-state index contributed by atoms with van der Waals surface area (Å²) in [5, 5.41) is 24.7. The summed E-state index contributed by atoms with van der Waals surface area (Å²) in [5.41, 5.74) is 2.05. The number of hydrogen-bond donors (Lipinski definition) is 1. The van der Waals surface area contributed by atoms with Crippen LogP contribution in [0.2, 0.25) is 0 Å². The van der Waals surface area contributed by atoms with E-state index in [1.807, 2.05) is 6.07 Å². The van der Waals surface area contributed by atoms with Crippen molar-refractivity contribution in [3.8, 4) is 16.6 Å². The molecule has 1 amide bonds. The number of anilines is 1. The normalized spacial score (nSPS) is 13.4. The molecule has 3 aromatic rings. The first kappa shape index (κ1) is 15.5. The fraction of sp³-hybridized carbons (Fsp3) is 0.235. The summed E-state index contributed by atoms with van der Waals surface area (Å²) < 4.78 is 5.24. The molecule has 8 heteroatoms. The fourth-order valence-electron chi connectivity index (χ4n) is 2.38. The van der Waals surface area contributed by atoms with Crippen LogP contribution in [0.3, 0.4) is 0 Å². The molecule has 1 saturated carbocycles. The molecule has 7 nitrogen and oxygen atoms in total. The molecule has 1 N–H and O–H groups in total. The summed E-state index contributed by atoms with van der Waals surface area (Å²) in [6.07, 6.45) is 2.40. The molecular formula is C17H13N5O2S. The van der Waals surface area contributed by atoms with Crippen LogP contribution < -0.4 is 5.32 Å². The maximum atomic E-state index is 12.1. The van der Waals surface area contributed by atoms with Crippen LogP contribution in [0.5, 0.6) is 0 Å². The number of nitriles is 1. The Hall–Kier alpha value is -3.05. The zero-order chi connectivity index (χ0) is 17.2. The number of nitrogens with one attached hydrogen (secondary N) is 1. The number of amides is 1. The lowest BCUT2D eigenvalue weighted by Crippen LogP contribution is -2.14. The Morgan fingerprint density at radius 2 is 2.12 bits per heavy atom. The molecule has 1 aliphatic rings. The van der Waals surface area contributed by atoms with Crippen LogP contribution in [0.15, 0.2) is 34.9 Å². The first-order valence-electron chi connectivity index (χ1n) is 7.80. The molecule has 0 saturated heterocycles. The maximum absolute atomic E-state index is 12.1. The van der Waals surface area contributed by atoms with Gasteiger partial charge in [-0.15, -0.1) is 10.2 Å². The second-order valence-electron chi connectivity index (χ2n) is 5.82. The molecule has 1 fully saturated rings. The molecule has 1 aromatic carbocycles. The van der Waals surface area contributed by atoms with Gasteiger partial charge in [0.05, 0.1) is 23.7 Å². The smallest absolute Gasteiger partial charge is 0.232 e. The standard InChI is InChI=1S/C17H13N5O2S/c18-9-10-1-3-12(4-2-10)16-20-21-17(25-16)19-15(23)8-13-7-14(24-22-13)11-5-6-11/h1-4,7,11H,5-6,8H2,(H,19,21,23). The van der Waals surface area contributed by atoms with Crippen molar-refractivity contribution in [1.82, 2.24) is 15.4 Å². The van der Waals surface area contributed by atoms with Crippen molar-refractivity contribution in [2.24, 2.45) is 0 Å². The summed E-state index contributed by atoms with van der Waals surface area (Å²) in [6.45, 7) is 0. The van der Waals surface area contributed by atoms with Crippen LogP contribution in [0.1, 0.15) is 35.8 Å². The Kier molecular flexibility index (Phi) is 3.99. The zero-order valence-corrected chi connectivity index (χ0v) is 13.9. The molecule has 2 heterocycles. The first-order chi connectivity index (χ1) is 12.2. The minimum atomic E-state index is -0.210. The van der Waals surface area contributed by atoms with Crippen LogP contribution in [0.25, 0.3) is 10.6 Å². The van der Waals surface area contributed by atoms with E-state index >= 15 is 0 Å². The molecule has 25 heavy (non-hydrogen) atoms. The van der Waals surface area contributed by atoms with Gasteiger partial charge in [0.15, 0.2) is 0 Å². The van der Waals surface area contributed by atoms with Crippen molar-refractivity contribution in [2.75, 3.05) is 5.32 Å². The number of aromatic nitrogens is 3. The minimum Gasteiger partial charge on any atom is -0.361 e. The van der Waals surface area contributed by atoms with Crippen molar-refractivity contribution in [1.29, 1.82) is 5.26 Å². The Balaban J connectivity index is 1.39. The number of nitrogens with zero attached hydrogens (tertiary/aromatic N) is 4. The number of carbonyl (C=O) groups is 1. The molecule has 0 bridgehead atoms. The third kappa shape index (κ3) is 3.56. The summed E-state index contributed by atoms with van der Waals surface area (Å²) in [7, 11) is 0. The van der Waals surface area contributed by atoms with Crippen LogP contribution in [-0.2, 0) is 11.2 Å². The molecule has 0 radical (unpaired) electrons. The van der Waals surface area contributed by atoms with Crippen molar-refractivity contribution < 1.29 is 9.32 Å². The summed E-state index contributed by atoms with van der Waals surface area (Å²) in [6, 6.07) is 11.0. The maximum Gasteiger partial charge on any atom is 0.232 e. The van der Waals surface area contributed by atoms with E-state index in [0.717, 1.165) is 24.2 Å². The van der Waals surface area contributed by atoms with Crippen LogP contribution in [0, 0.1) is 11.3 Å². The highest BCUT2D eigenvalue weighted by atomic mass is 32.1. The van der Waals surface area contributed by atoms with Crippen molar-refractivity contribution in [3.63, 3.8) is 0 Å². The molecular weight excluding hydrogens is 338 g/mol. The largest absolute Gasteiger partial charge is 0.361 e. The van der Waals surface area contributed by atoms with E-state index in [0.29, 0.717) is 27.3 Å². The van der Waals surface area contributed by atoms with Gasteiger partial charge in [0, 0.05) is 17.5 Å². The Morgan fingerprint density at radius 3 is 2.84 bits per heavy atom. The molecule has 0 spiro atoms. The summed E-state index contributed by atoms with van der Waals surface area (Å²) >= 11 is 1.28. The Morgan fingerprint density at radius 1 is 1.32 bits per heavy atom. The van der Waals surface area contributed by atoms with E-state index < -0.39 is 0 Å².